The zero-order chi connectivity index (χ0) is 44.0. The first-order chi connectivity index (χ1) is 30.2. The van der Waals surface area contributed by atoms with Gasteiger partial charge in [0, 0.05) is 6.42 Å². The topological polar surface area (TPSA) is 46.5 Å². The van der Waals surface area contributed by atoms with Crippen LogP contribution >= 0.6 is 0 Å². The highest BCUT2D eigenvalue weighted by Crippen LogP contribution is 2.18. The first-order valence-electron chi connectivity index (χ1n) is 28.7. The molecule has 0 unspecified atom stereocenters. The van der Waals surface area contributed by atoms with Gasteiger partial charge in [0.05, 0.1) is 12.7 Å². The molecule has 3 nitrogen and oxygen atoms in total. The maximum atomic E-state index is 12.1. The highest BCUT2D eigenvalue weighted by Gasteiger charge is 2.04. The zero-order valence-corrected chi connectivity index (χ0v) is 42.3. The quantitative estimate of drug-likeness (QED) is 0.0377. The van der Waals surface area contributed by atoms with E-state index in [9.17, 15) is 9.90 Å². The molecule has 1 N–H and O–H groups in total. The normalized spacial score (nSPS) is 12.2. The molecule has 0 bridgehead atoms. The number of carbonyl (C=O) groups is 1. The fraction of sp³-hybridized carbons (Fsp3) is 0.948. The van der Waals surface area contributed by atoms with E-state index in [4.69, 9.17) is 4.74 Å². The summed E-state index contributed by atoms with van der Waals surface area (Å²) in [4.78, 5) is 12.1. The Bertz CT molecular complexity index is 822. The number of esters is 1. The van der Waals surface area contributed by atoms with Gasteiger partial charge in [0.15, 0.2) is 0 Å². The van der Waals surface area contributed by atoms with Gasteiger partial charge in [-0.3, -0.25) is 4.79 Å². The molecule has 0 saturated carbocycles. The van der Waals surface area contributed by atoms with E-state index in [0.717, 1.165) is 44.9 Å². The van der Waals surface area contributed by atoms with Crippen LogP contribution in [0.4, 0.5) is 0 Å². The fourth-order valence-electron chi connectivity index (χ4n) is 9.16. The van der Waals surface area contributed by atoms with Gasteiger partial charge in [-0.2, -0.15) is 0 Å². The van der Waals surface area contributed by atoms with E-state index in [0.29, 0.717) is 13.0 Å². The van der Waals surface area contributed by atoms with Gasteiger partial charge < -0.3 is 9.84 Å². The molecule has 0 aromatic rings. The summed E-state index contributed by atoms with van der Waals surface area (Å²) in [5, 5.41) is 10.0. The molecule has 0 radical (unpaired) electrons. The fourth-order valence-corrected chi connectivity index (χ4v) is 9.16. The van der Waals surface area contributed by atoms with E-state index in [1.54, 1.807) is 0 Å². The van der Waals surface area contributed by atoms with Crippen LogP contribution in [0, 0.1) is 0 Å². The molecule has 0 heterocycles. The standard InChI is InChI=1S/C58H114O3/c1-3-5-7-9-10-11-12-13-14-15-16-17-18-19-20-21-22-23-24-25-26-27-28-29-30-31-32-33-34-35-36-37-38-41-44-47-51-55-58(60)61-56-52-48-45-42-39-40-43-46-50-54-57(59)53-49-8-6-4-2/h46,50,57,59H,3-45,47-49,51-56H2,1-2H3/b50-46-/t57-/m1/s1. The van der Waals surface area contributed by atoms with Crippen LogP contribution in [0.3, 0.4) is 0 Å². The minimum Gasteiger partial charge on any atom is -0.466 e. The summed E-state index contributed by atoms with van der Waals surface area (Å²) in [6, 6.07) is 0. The summed E-state index contributed by atoms with van der Waals surface area (Å²) in [6.07, 6.45) is 72.8. The van der Waals surface area contributed by atoms with Crippen LogP contribution in [0.25, 0.3) is 0 Å². The summed E-state index contributed by atoms with van der Waals surface area (Å²) in [5.74, 6) is 0.00849. The van der Waals surface area contributed by atoms with Crippen molar-refractivity contribution in [1.29, 1.82) is 0 Å². The van der Waals surface area contributed by atoms with Gasteiger partial charge in [-0.1, -0.05) is 309 Å². The van der Waals surface area contributed by atoms with Crippen LogP contribution in [0.1, 0.15) is 341 Å². The third kappa shape index (κ3) is 55.2. The Morgan fingerprint density at radius 2 is 0.639 bits per heavy atom. The molecule has 0 rings (SSSR count). The van der Waals surface area contributed by atoms with Crippen LogP contribution in [-0.2, 0) is 9.53 Å². The number of aliphatic hydroxyl groups is 1. The maximum Gasteiger partial charge on any atom is 0.305 e. The average molecular weight is 860 g/mol. The molecule has 3 heteroatoms. The Morgan fingerprint density at radius 3 is 0.984 bits per heavy atom. The number of ether oxygens (including phenoxy) is 1. The van der Waals surface area contributed by atoms with Crippen molar-refractivity contribution in [2.45, 2.75) is 347 Å². The van der Waals surface area contributed by atoms with Crippen LogP contribution in [0.2, 0.25) is 0 Å². The molecule has 1 atom stereocenters. The monoisotopic (exact) mass is 859 g/mol. The van der Waals surface area contributed by atoms with E-state index >= 15 is 0 Å². The Labute approximate surface area is 385 Å². The van der Waals surface area contributed by atoms with Crippen molar-refractivity contribution in [3.63, 3.8) is 0 Å². The van der Waals surface area contributed by atoms with Gasteiger partial charge in [-0.25, -0.2) is 0 Å². The second-order valence-corrected chi connectivity index (χ2v) is 19.8. The molecule has 0 saturated heterocycles. The van der Waals surface area contributed by atoms with Gasteiger partial charge in [0.25, 0.3) is 0 Å². The molecular weight excluding hydrogens is 745 g/mol. The predicted octanol–water partition coefficient (Wildman–Crippen LogP) is 20.4. The van der Waals surface area contributed by atoms with Crippen molar-refractivity contribution in [3.05, 3.63) is 12.2 Å². The van der Waals surface area contributed by atoms with E-state index in [2.05, 4.69) is 26.0 Å². The highest BCUT2D eigenvalue weighted by molar-refractivity contribution is 5.69. The molecule has 0 amide bonds. The van der Waals surface area contributed by atoms with Gasteiger partial charge in [-0.05, 0) is 38.5 Å². The average Bonchev–Trinajstić information content (AvgIpc) is 3.26. The molecule has 0 fully saturated rings. The highest BCUT2D eigenvalue weighted by atomic mass is 16.5. The first-order valence-corrected chi connectivity index (χ1v) is 28.7. The Kier molecular flexibility index (Phi) is 54.5. The van der Waals surface area contributed by atoms with Crippen molar-refractivity contribution in [2.75, 3.05) is 6.61 Å². The molecule has 0 spiro atoms. The number of carbonyl (C=O) groups excluding carboxylic acids is 1. The largest absolute Gasteiger partial charge is 0.466 e. The third-order valence-corrected chi connectivity index (χ3v) is 13.5. The summed E-state index contributed by atoms with van der Waals surface area (Å²) in [7, 11) is 0. The molecule has 0 aromatic heterocycles. The number of allylic oxidation sites excluding steroid dienone is 1. The molecule has 0 aliphatic carbocycles. The second kappa shape index (κ2) is 55.3. The van der Waals surface area contributed by atoms with E-state index in [1.165, 1.54) is 276 Å². The number of unbranched alkanes of at least 4 members (excludes halogenated alkanes) is 45. The predicted molar refractivity (Wildman–Crippen MR) is 273 cm³/mol. The van der Waals surface area contributed by atoms with E-state index < -0.39 is 0 Å². The molecule has 0 aliphatic rings. The van der Waals surface area contributed by atoms with Crippen LogP contribution in [0.5, 0.6) is 0 Å². The summed E-state index contributed by atoms with van der Waals surface area (Å²) in [6.45, 7) is 5.13. The Balaban J connectivity index is 3.17. The molecule has 0 aliphatic heterocycles. The first kappa shape index (κ1) is 60.2. The molecule has 0 aromatic carbocycles. The number of hydrogen-bond acceptors (Lipinski definition) is 3. The van der Waals surface area contributed by atoms with Crippen molar-refractivity contribution >= 4 is 5.97 Å². The molecule has 364 valence electrons. The molecule has 61 heavy (non-hydrogen) atoms. The minimum atomic E-state index is -0.158. The number of rotatable bonds is 54. The van der Waals surface area contributed by atoms with Crippen molar-refractivity contribution in [2.24, 2.45) is 0 Å². The lowest BCUT2D eigenvalue weighted by atomic mass is 10.0. The van der Waals surface area contributed by atoms with Gasteiger partial charge in [0.1, 0.15) is 0 Å². The number of aliphatic hydroxyl groups excluding tert-OH is 1. The summed E-state index contributed by atoms with van der Waals surface area (Å²) < 4.78 is 5.48. The zero-order valence-electron chi connectivity index (χ0n) is 42.3. The van der Waals surface area contributed by atoms with Gasteiger partial charge in [-0.15, -0.1) is 0 Å². The SMILES string of the molecule is CCCCCCCCCCCCCCCCCCCCCCCCCCCCCCCCCCCCCCCC(=O)OCCCCCCCC/C=C\C[C@H](O)CCCCCC. The lowest BCUT2D eigenvalue weighted by Gasteiger charge is -2.07. The molecular formula is C58H114O3. The van der Waals surface area contributed by atoms with E-state index in [1.807, 2.05) is 0 Å². The van der Waals surface area contributed by atoms with Gasteiger partial charge >= 0.3 is 5.97 Å². The van der Waals surface area contributed by atoms with Crippen molar-refractivity contribution in [1.82, 2.24) is 0 Å². The maximum absolute atomic E-state index is 12.1. The number of hydrogen-bond donors (Lipinski definition) is 1. The lowest BCUT2D eigenvalue weighted by Crippen LogP contribution is -2.05. The summed E-state index contributed by atoms with van der Waals surface area (Å²) in [5.41, 5.74) is 0. The van der Waals surface area contributed by atoms with Gasteiger partial charge in [0.2, 0.25) is 0 Å². The summed E-state index contributed by atoms with van der Waals surface area (Å²) >= 11 is 0. The smallest absolute Gasteiger partial charge is 0.305 e. The Hall–Kier alpha value is -0.830. The third-order valence-electron chi connectivity index (χ3n) is 13.5. The minimum absolute atomic E-state index is 0.00849. The lowest BCUT2D eigenvalue weighted by molar-refractivity contribution is -0.143. The second-order valence-electron chi connectivity index (χ2n) is 19.8. The Morgan fingerprint density at radius 1 is 0.361 bits per heavy atom. The van der Waals surface area contributed by atoms with E-state index in [-0.39, 0.29) is 12.1 Å². The van der Waals surface area contributed by atoms with Crippen LogP contribution in [0.15, 0.2) is 12.2 Å². The van der Waals surface area contributed by atoms with Crippen LogP contribution < -0.4 is 0 Å². The van der Waals surface area contributed by atoms with Crippen LogP contribution in [-0.4, -0.2) is 23.8 Å². The van der Waals surface area contributed by atoms with Crippen molar-refractivity contribution in [3.8, 4) is 0 Å². The van der Waals surface area contributed by atoms with Crippen molar-refractivity contribution < 1.29 is 14.6 Å².